The SMILES string of the molecule is C1=C[CH]([Hf](=[C]2CCCC2)[CH]2C=Cc3c(-c4ccccc4)cccc32)c2cccc(-c3ccccc3)c21.Cl.Cl. The van der Waals surface area contributed by atoms with Gasteiger partial charge in [-0.3, -0.25) is 0 Å². The summed E-state index contributed by atoms with van der Waals surface area (Å²) in [5.74, 6) is 0. The van der Waals surface area contributed by atoms with Crippen molar-refractivity contribution in [1.29, 1.82) is 0 Å². The summed E-state index contributed by atoms with van der Waals surface area (Å²) in [5, 5.41) is 0. The van der Waals surface area contributed by atoms with E-state index in [9.17, 15) is 0 Å². The summed E-state index contributed by atoms with van der Waals surface area (Å²) in [5.41, 5.74) is 11.6. The fraction of sp³-hybridized carbons (Fsp3) is 0.171. The van der Waals surface area contributed by atoms with Crippen molar-refractivity contribution in [2.75, 3.05) is 0 Å². The van der Waals surface area contributed by atoms with E-state index in [0.29, 0.717) is 7.35 Å². The molecule has 0 aromatic heterocycles. The number of rotatable bonds is 4. The van der Waals surface area contributed by atoms with E-state index in [0.717, 1.165) is 0 Å². The van der Waals surface area contributed by atoms with Gasteiger partial charge >= 0.3 is 223 Å². The van der Waals surface area contributed by atoms with Crippen LogP contribution in [0.1, 0.15) is 55.3 Å². The molecule has 3 aliphatic carbocycles. The molecule has 1 fully saturated rings. The molecule has 0 bridgehead atoms. The van der Waals surface area contributed by atoms with Crippen molar-refractivity contribution < 1.29 is 21.0 Å². The van der Waals surface area contributed by atoms with Crippen LogP contribution in [0.4, 0.5) is 0 Å². The van der Waals surface area contributed by atoms with E-state index < -0.39 is 21.0 Å². The van der Waals surface area contributed by atoms with E-state index in [1.165, 1.54) is 59.1 Å². The molecule has 38 heavy (non-hydrogen) atoms. The molecule has 0 amide bonds. The van der Waals surface area contributed by atoms with Crippen LogP contribution in [-0.2, 0) is 21.0 Å². The average molecular weight is 702 g/mol. The molecule has 3 heteroatoms. The summed E-state index contributed by atoms with van der Waals surface area (Å²) >= 11 is -2.35. The fourth-order valence-corrected chi connectivity index (χ4v) is 21.0. The number of hydrogen-bond donors (Lipinski definition) is 0. The number of fused-ring (bicyclic) bond motifs is 2. The minimum atomic E-state index is -2.35. The first-order valence-electron chi connectivity index (χ1n) is 13.3. The molecule has 190 valence electrons. The van der Waals surface area contributed by atoms with E-state index in [1.54, 1.807) is 11.1 Å². The maximum atomic E-state index is 2.61. The Hall–Kier alpha value is -2.32. The first kappa shape index (κ1) is 27.3. The molecule has 0 aliphatic heterocycles. The molecule has 1 saturated carbocycles. The predicted octanol–water partition coefficient (Wildman–Crippen LogP) is 10.1. The van der Waals surface area contributed by atoms with Crippen molar-refractivity contribution in [3.8, 4) is 22.3 Å². The minimum Gasteiger partial charge on any atom is -0.147 e. The molecule has 0 spiro atoms. The van der Waals surface area contributed by atoms with E-state index in [1.807, 2.05) is 3.26 Å². The van der Waals surface area contributed by atoms with Crippen LogP contribution in [0.5, 0.6) is 0 Å². The van der Waals surface area contributed by atoms with Gasteiger partial charge in [0, 0.05) is 0 Å². The number of halogens is 2. The Morgan fingerprint density at radius 2 is 0.947 bits per heavy atom. The van der Waals surface area contributed by atoms with Gasteiger partial charge in [-0.1, -0.05) is 0 Å². The molecule has 7 rings (SSSR count). The third kappa shape index (κ3) is 4.79. The Balaban J connectivity index is 0.00000147. The van der Waals surface area contributed by atoms with Gasteiger partial charge in [0.2, 0.25) is 0 Å². The molecular weight excluding hydrogens is 670 g/mol. The van der Waals surface area contributed by atoms with Crippen molar-refractivity contribution in [3.05, 3.63) is 131 Å². The largest absolute Gasteiger partial charge is 0.147 e. The standard InChI is InChI=1S/2C15H11.C5H8.2ClH.Hf/c2*1-2-6-12(7-3-1)14-10-4-8-13-9-5-11-15(13)14;1-2-4-5-3-1;;;/h2*1-11H;1-4H2;2*1H;. The molecular formula is C35H32Cl2Hf. The van der Waals surface area contributed by atoms with Gasteiger partial charge in [0.25, 0.3) is 0 Å². The van der Waals surface area contributed by atoms with E-state index in [2.05, 4.69) is 121 Å². The van der Waals surface area contributed by atoms with Gasteiger partial charge in [0.05, 0.1) is 0 Å². The summed E-state index contributed by atoms with van der Waals surface area (Å²) in [7, 11) is 0. The maximum Gasteiger partial charge on any atom is -0.147 e. The Kier molecular flexibility index (Phi) is 8.48. The summed E-state index contributed by atoms with van der Waals surface area (Å²) in [4.78, 5) is 0. The topological polar surface area (TPSA) is 0 Å². The van der Waals surface area contributed by atoms with Crippen LogP contribution in [0.25, 0.3) is 34.4 Å². The average Bonchev–Trinajstić information content (AvgIpc) is 3.71. The Morgan fingerprint density at radius 3 is 1.39 bits per heavy atom. The third-order valence-corrected chi connectivity index (χ3v) is 21.5. The van der Waals surface area contributed by atoms with Crippen molar-refractivity contribution >= 4 is 40.2 Å². The molecule has 4 aromatic carbocycles. The van der Waals surface area contributed by atoms with E-state index >= 15 is 0 Å². The Labute approximate surface area is 246 Å². The monoisotopic (exact) mass is 702 g/mol. The number of hydrogen-bond acceptors (Lipinski definition) is 0. The molecule has 2 atom stereocenters. The first-order valence-corrected chi connectivity index (χ1v) is 19.3. The van der Waals surface area contributed by atoms with Crippen LogP contribution in [0, 0.1) is 0 Å². The van der Waals surface area contributed by atoms with Crippen molar-refractivity contribution in [2.24, 2.45) is 0 Å². The van der Waals surface area contributed by atoms with Crippen molar-refractivity contribution in [1.82, 2.24) is 0 Å². The van der Waals surface area contributed by atoms with Gasteiger partial charge in [-0.05, 0) is 0 Å². The maximum absolute atomic E-state index is 2.61. The number of allylic oxidation sites excluding steroid dienone is 2. The smallest absolute Gasteiger partial charge is 0.147 e. The molecule has 0 N–H and O–H groups in total. The van der Waals surface area contributed by atoms with Crippen molar-refractivity contribution in [2.45, 2.75) is 33.0 Å². The molecule has 4 aromatic rings. The molecule has 0 nitrogen and oxygen atoms in total. The van der Waals surface area contributed by atoms with Gasteiger partial charge in [-0.15, -0.1) is 24.8 Å². The summed E-state index contributed by atoms with van der Waals surface area (Å²) in [6.45, 7) is 0. The van der Waals surface area contributed by atoms with Gasteiger partial charge in [0.1, 0.15) is 0 Å². The zero-order valence-electron chi connectivity index (χ0n) is 21.3. The van der Waals surface area contributed by atoms with Gasteiger partial charge in [-0.25, -0.2) is 0 Å². The number of benzene rings is 4. The molecule has 3 aliphatic rings. The minimum absolute atomic E-state index is 0. The summed E-state index contributed by atoms with van der Waals surface area (Å²) < 4.78 is 3.27. The molecule has 0 heterocycles. The summed E-state index contributed by atoms with van der Waals surface area (Å²) in [6, 6.07) is 36.0. The van der Waals surface area contributed by atoms with Crippen LogP contribution in [0.15, 0.2) is 109 Å². The van der Waals surface area contributed by atoms with Crippen LogP contribution in [-0.4, -0.2) is 3.26 Å². The Morgan fingerprint density at radius 1 is 0.500 bits per heavy atom. The van der Waals surface area contributed by atoms with E-state index in [-0.39, 0.29) is 24.8 Å². The first-order chi connectivity index (χ1) is 17.9. The van der Waals surface area contributed by atoms with E-state index in [4.69, 9.17) is 0 Å². The third-order valence-electron chi connectivity index (χ3n) is 8.32. The van der Waals surface area contributed by atoms with Crippen LogP contribution < -0.4 is 0 Å². The molecule has 0 saturated heterocycles. The second kappa shape index (κ2) is 11.8. The van der Waals surface area contributed by atoms with Crippen molar-refractivity contribution in [3.63, 3.8) is 0 Å². The molecule has 2 unspecified atom stereocenters. The second-order valence-electron chi connectivity index (χ2n) is 10.3. The van der Waals surface area contributed by atoms with Gasteiger partial charge in [0.15, 0.2) is 0 Å². The quantitative estimate of drug-likeness (QED) is 0.186. The zero-order valence-corrected chi connectivity index (χ0v) is 26.6. The van der Waals surface area contributed by atoms with Gasteiger partial charge in [-0.2, -0.15) is 0 Å². The fourth-order valence-electron chi connectivity index (χ4n) is 6.68. The Bertz CT molecular complexity index is 1420. The molecule has 0 radical (unpaired) electrons. The normalized spacial score (nSPS) is 18.5. The second-order valence-corrected chi connectivity index (χ2v) is 20.6. The summed E-state index contributed by atoms with van der Waals surface area (Å²) in [6.07, 6.45) is 15.7. The predicted molar refractivity (Wildman–Crippen MR) is 165 cm³/mol. The van der Waals surface area contributed by atoms with Crippen LogP contribution in [0.3, 0.4) is 0 Å². The van der Waals surface area contributed by atoms with Crippen LogP contribution >= 0.6 is 24.8 Å². The zero-order chi connectivity index (χ0) is 23.9. The van der Waals surface area contributed by atoms with Crippen LogP contribution in [0.2, 0.25) is 0 Å². The van der Waals surface area contributed by atoms with Gasteiger partial charge < -0.3 is 0 Å².